The Hall–Kier alpha value is -0.120. The van der Waals surface area contributed by atoms with Crippen molar-refractivity contribution in [2.75, 3.05) is 19.8 Å². The van der Waals surface area contributed by atoms with E-state index in [-0.39, 0.29) is 11.0 Å². The summed E-state index contributed by atoms with van der Waals surface area (Å²) in [5.41, 5.74) is 0.243. The zero-order valence-corrected chi connectivity index (χ0v) is 13.4. The van der Waals surface area contributed by atoms with E-state index in [1.165, 1.54) is 38.5 Å². The first-order valence-electron chi connectivity index (χ1n) is 8.66. The maximum absolute atomic E-state index is 9.68. The minimum Gasteiger partial charge on any atom is -0.396 e. The summed E-state index contributed by atoms with van der Waals surface area (Å²) < 4.78 is 6.16. The van der Waals surface area contributed by atoms with E-state index in [1.54, 1.807) is 0 Å². The van der Waals surface area contributed by atoms with Crippen LogP contribution in [0.25, 0.3) is 0 Å². The first-order valence-corrected chi connectivity index (χ1v) is 8.66. The minimum atomic E-state index is 0.0675. The number of rotatable bonds is 6. The average molecular weight is 283 g/mol. The van der Waals surface area contributed by atoms with E-state index in [1.807, 2.05) is 0 Å². The summed E-state index contributed by atoms with van der Waals surface area (Å²) in [5, 5.41) is 13.4. The van der Waals surface area contributed by atoms with Crippen molar-refractivity contribution in [2.45, 2.75) is 83.3 Å². The molecule has 0 radical (unpaired) electrons. The molecule has 1 saturated heterocycles. The zero-order valence-electron chi connectivity index (χ0n) is 13.4. The van der Waals surface area contributed by atoms with E-state index in [2.05, 4.69) is 19.2 Å². The van der Waals surface area contributed by atoms with Crippen LogP contribution in [0.1, 0.15) is 71.6 Å². The molecule has 1 spiro atoms. The summed E-state index contributed by atoms with van der Waals surface area (Å²) in [6.07, 6.45) is 10.9. The molecular formula is C17H33NO2. The molecule has 1 saturated carbocycles. The molecule has 3 nitrogen and oxygen atoms in total. The first kappa shape index (κ1) is 16.3. The van der Waals surface area contributed by atoms with Gasteiger partial charge < -0.3 is 15.2 Å². The lowest BCUT2D eigenvalue weighted by atomic mass is 9.77. The lowest BCUT2D eigenvalue weighted by Crippen LogP contribution is -2.50. The van der Waals surface area contributed by atoms with E-state index in [0.717, 1.165) is 32.4 Å². The van der Waals surface area contributed by atoms with Gasteiger partial charge in [-0.1, -0.05) is 33.1 Å². The minimum absolute atomic E-state index is 0.0675. The number of aliphatic hydroxyl groups is 1. The molecule has 0 bridgehead atoms. The second kappa shape index (κ2) is 7.24. The van der Waals surface area contributed by atoms with Crippen LogP contribution in [0.15, 0.2) is 0 Å². The second-order valence-corrected chi connectivity index (χ2v) is 7.03. The van der Waals surface area contributed by atoms with Crippen LogP contribution in [0.2, 0.25) is 0 Å². The normalized spacial score (nSPS) is 26.9. The lowest BCUT2D eigenvalue weighted by Gasteiger charge is -2.44. The predicted molar refractivity (Wildman–Crippen MR) is 82.9 cm³/mol. The Kier molecular flexibility index (Phi) is 5.88. The zero-order chi connectivity index (χ0) is 14.5. The molecule has 1 atom stereocenters. The van der Waals surface area contributed by atoms with Crippen LogP contribution in [0, 0.1) is 5.41 Å². The molecule has 0 amide bonds. The number of aliphatic hydroxyl groups excluding tert-OH is 1. The largest absolute Gasteiger partial charge is 0.396 e. The van der Waals surface area contributed by atoms with Crippen molar-refractivity contribution in [3.05, 3.63) is 0 Å². The highest BCUT2D eigenvalue weighted by molar-refractivity contribution is 4.93. The number of hydrogen-bond donors (Lipinski definition) is 2. The Balaban J connectivity index is 1.86. The van der Waals surface area contributed by atoms with Crippen molar-refractivity contribution in [1.82, 2.24) is 5.32 Å². The van der Waals surface area contributed by atoms with Gasteiger partial charge in [-0.2, -0.15) is 0 Å². The number of nitrogens with one attached hydrogen (secondary N) is 1. The quantitative estimate of drug-likeness (QED) is 0.786. The third kappa shape index (κ3) is 3.75. The van der Waals surface area contributed by atoms with E-state index >= 15 is 0 Å². The van der Waals surface area contributed by atoms with Gasteiger partial charge in [-0.15, -0.1) is 0 Å². The van der Waals surface area contributed by atoms with E-state index in [4.69, 9.17) is 4.74 Å². The summed E-state index contributed by atoms with van der Waals surface area (Å²) in [5.74, 6) is 0. The van der Waals surface area contributed by atoms with Crippen LogP contribution in [0.5, 0.6) is 0 Å². The molecule has 1 aliphatic heterocycles. The summed E-state index contributed by atoms with van der Waals surface area (Å²) >= 11 is 0. The van der Waals surface area contributed by atoms with Crippen LogP contribution in [0.4, 0.5) is 0 Å². The SMILES string of the molecule is CCC(CC)(CO)CNC1CCOC2(CCCCC2)C1. The van der Waals surface area contributed by atoms with E-state index < -0.39 is 0 Å². The lowest BCUT2D eigenvalue weighted by molar-refractivity contribution is -0.110. The number of hydrogen-bond acceptors (Lipinski definition) is 3. The maximum atomic E-state index is 9.68. The summed E-state index contributed by atoms with van der Waals surface area (Å²) in [6.45, 7) is 6.52. The van der Waals surface area contributed by atoms with E-state index in [0.29, 0.717) is 12.6 Å². The molecule has 2 rings (SSSR count). The van der Waals surface area contributed by atoms with Crippen LogP contribution in [0.3, 0.4) is 0 Å². The summed E-state index contributed by atoms with van der Waals surface area (Å²) in [4.78, 5) is 0. The molecule has 2 aliphatic rings. The fourth-order valence-electron chi connectivity index (χ4n) is 3.89. The fourth-order valence-corrected chi connectivity index (χ4v) is 3.89. The van der Waals surface area contributed by atoms with Gasteiger partial charge in [0.2, 0.25) is 0 Å². The highest BCUT2D eigenvalue weighted by Crippen LogP contribution is 2.38. The van der Waals surface area contributed by atoms with Crippen LogP contribution >= 0.6 is 0 Å². The van der Waals surface area contributed by atoms with E-state index in [9.17, 15) is 5.11 Å². The third-order valence-electron chi connectivity index (χ3n) is 5.86. The predicted octanol–water partition coefficient (Wildman–Crippen LogP) is 3.26. The van der Waals surface area contributed by atoms with Gasteiger partial charge >= 0.3 is 0 Å². The molecule has 1 aliphatic carbocycles. The van der Waals surface area contributed by atoms with Crippen LogP contribution in [-0.4, -0.2) is 36.5 Å². The third-order valence-corrected chi connectivity index (χ3v) is 5.86. The Morgan fingerprint density at radius 2 is 1.90 bits per heavy atom. The maximum Gasteiger partial charge on any atom is 0.0697 e. The number of ether oxygens (including phenoxy) is 1. The standard InChI is InChI=1S/C17H33NO2/c1-3-16(4-2,14-19)13-18-15-8-11-20-17(12-15)9-6-5-7-10-17/h15,18-19H,3-14H2,1-2H3. The van der Waals surface area contributed by atoms with Crippen molar-refractivity contribution in [3.8, 4) is 0 Å². The van der Waals surface area contributed by atoms with Crippen molar-refractivity contribution < 1.29 is 9.84 Å². The molecule has 0 aromatic rings. The van der Waals surface area contributed by atoms with Crippen molar-refractivity contribution in [2.24, 2.45) is 5.41 Å². The van der Waals surface area contributed by atoms with Crippen LogP contribution < -0.4 is 5.32 Å². The molecule has 118 valence electrons. The molecule has 1 unspecified atom stereocenters. The molecule has 20 heavy (non-hydrogen) atoms. The highest BCUT2D eigenvalue weighted by Gasteiger charge is 2.39. The Bertz CT molecular complexity index is 269. The second-order valence-electron chi connectivity index (χ2n) is 7.03. The first-order chi connectivity index (χ1) is 9.67. The molecule has 2 N–H and O–H groups in total. The van der Waals surface area contributed by atoms with Gasteiger partial charge in [0.15, 0.2) is 0 Å². The summed E-state index contributed by atoms with van der Waals surface area (Å²) in [6, 6.07) is 0.575. The molecule has 0 aromatic carbocycles. The fraction of sp³-hybridized carbons (Fsp3) is 1.00. The van der Waals surface area contributed by atoms with Gasteiger partial charge in [-0.3, -0.25) is 0 Å². The molecule has 0 aromatic heterocycles. The summed E-state index contributed by atoms with van der Waals surface area (Å²) in [7, 11) is 0. The molecule has 1 heterocycles. The van der Waals surface area contributed by atoms with Crippen molar-refractivity contribution in [3.63, 3.8) is 0 Å². The monoisotopic (exact) mass is 283 g/mol. The molecular weight excluding hydrogens is 250 g/mol. The van der Waals surface area contributed by atoms with Crippen LogP contribution in [-0.2, 0) is 4.74 Å². The Labute approximate surface area is 124 Å². The Morgan fingerprint density at radius 1 is 1.20 bits per heavy atom. The molecule has 3 heteroatoms. The Morgan fingerprint density at radius 3 is 2.50 bits per heavy atom. The van der Waals surface area contributed by atoms with Gasteiger partial charge in [-0.25, -0.2) is 0 Å². The smallest absolute Gasteiger partial charge is 0.0697 e. The van der Waals surface area contributed by atoms with Gasteiger partial charge in [0.1, 0.15) is 0 Å². The van der Waals surface area contributed by atoms with Gasteiger partial charge in [0.05, 0.1) is 5.60 Å². The average Bonchev–Trinajstić information content (AvgIpc) is 2.50. The topological polar surface area (TPSA) is 41.5 Å². The van der Waals surface area contributed by atoms with Gasteiger partial charge in [0, 0.05) is 31.2 Å². The highest BCUT2D eigenvalue weighted by atomic mass is 16.5. The van der Waals surface area contributed by atoms with Crippen molar-refractivity contribution >= 4 is 0 Å². The molecule has 2 fully saturated rings. The van der Waals surface area contributed by atoms with Gasteiger partial charge in [-0.05, 0) is 38.5 Å². The van der Waals surface area contributed by atoms with Gasteiger partial charge in [0.25, 0.3) is 0 Å². The van der Waals surface area contributed by atoms with Crippen molar-refractivity contribution in [1.29, 1.82) is 0 Å².